The Morgan fingerprint density at radius 2 is 1.33 bits per heavy atom. The average molecular weight is 146 g/mol. The van der Waals surface area contributed by atoms with Crippen LogP contribution in [0.3, 0.4) is 0 Å². The van der Waals surface area contributed by atoms with Crippen LogP contribution >= 0.6 is 0 Å². The maximum Gasteiger partial charge on any atom is 0.291 e. The third-order valence-electron chi connectivity index (χ3n) is 0. The van der Waals surface area contributed by atoms with Crippen LogP contribution in [0.1, 0.15) is 0 Å². The van der Waals surface area contributed by atoms with E-state index in [1.165, 1.54) is 0 Å². The molecule has 0 saturated heterocycles. The van der Waals surface area contributed by atoms with Gasteiger partial charge in [0, 0.05) is 0 Å². The van der Waals surface area contributed by atoms with Crippen molar-refractivity contribution in [1.82, 2.24) is 0 Å². The molecule has 0 aromatic heterocycles. The van der Waals surface area contributed by atoms with Crippen LogP contribution in [0.5, 0.6) is 0 Å². The van der Waals surface area contributed by atoms with Gasteiger partial charge in [-0.3, -0.25) is 11.7 Å². The number of hydrogen-bond donors (Lipinski definition) is 5. The fourth-order valence-electron chi connectivity index (χ4n) is 0. The highest BCUT2D eigenvalue weighted by Gasteiger charge is 1.65. The molecule has 9 nitrogen and oxygen atoms in total. The Morgan fingerprint density at radius 3 is 1.33 bits per heavy atom. The van der Waals surface area contributed by atoms with Gasteiger partial charge in [-0.2, -0.15) is 0 Å². The molecular weight excluding hydrogens is 136 g/mol. The van der Waals surface area contributed by atoms with Gasteiger partial charge in [0.1, 0.15) is 0 Å². The summed E-state index contributed by atoms with van der Waals surface area (Å²) < 4.78 is 0. The summed E-state index contributed by atoms with van der Waals surface area (Å²) in [7, 11) is 0. The van der Waals surface area contributed by atoms with Crippen LogP contribution in [0.25, 0.3) is 0 Å². The zero-order valence-corrected chi connectivity index (χ0v) is 4.39. The van der Waals surface area contributed by atoms with Crippen LogP contribution in [0, 0.1) is 10.1 Å². The maximum atomic E-state index is 8.36. The van der Waals surface area contributed by atoms with Crippen molar-refractivity contribution in [3.63, 3.8) is 0 Å². The highest BCUT2D eigenvalue weighted by Crippen LogP contribution is 1.38. The smallest absolute Gasteiger partial charge is 0.291 e. The summed E-state index contributed by atoms with van der Waals surface area (Å²) in [5, 5.41) is 20.1. The zero-order chi connectivity index (χ0) is 7.58. The maximum absolute atomic E-state index is 8.36. The minimum absolute atomic E-state index is 0. The molecule has 9 heavy (non-hydrogen) atoms. The first-order valence-corrected chi connectivity index (χ1v) is 1.16. The van der Waals surface area contributed by atoms with Crippen molar-refractivity contribution in [2.45, 2.75) is 0 Å². The summed E-state index contributed by atoms with van der Waals surface area (Å²) in [6.07, 6.45) is 0. The second-order valence-corrected chi connectivity index (χ2v) is 0.238. The third kappa shape index (κ3) is 175. The highest BCUT2D eigenvalue weighted by atomic mass is 16.9. The van der Waals surface area contributed by atoms with Crippen LogP contribution in [0.15, 0.2) is 0 Å². The molecule has 0 fully saturated rings. The van der Waals surface area contributed by atoms with Gasteiger partial charge in [-0.05, 0) is 0 Å². The fraction of sp³-hybridized carbons (Fsp3) is 0. The van der Waals surface area contributed by atoms with E-state index in [4.69, 9.17) is 20.5 Å². The Labute approximate surface area is 50.0 Å². The second-order valence-electron chi connectivity index (χ2n) is 0.238. The molecule has 0 bridgehead atoms. The first-order chi connectivity index (χ1) is 3.73. The molecule has 0 aromatic carbocycles. The lowest BCUT2D eigenvalue weighted by Gasteiger charge is -1.56. The molecule has 10 N–H and O–H groups in total. The largest absolute Gasteiger partial charge is 0.412 e. The number of nitrogens with two attached hydrogens (primary N) is 3. The summed E-state index contributed by atoms with van der Waals surface area (Å²) >= 11 is 0. The number of hydrazine groups is 1. The van der Waals surface area contributed by atoms with E-state index in [0.717, 1.165) is 0 Å². The molecule has 0 heterocycles. The van der Waals surface area contributed by atoms with E-state index in [1.807, 2.05) is 0 Å². The molecule has 0 amide bonds. The summed E-state index contributed by atoms with van der Waals surface area (Å²) in [5.41, 5.74) is 0. The van der Waals surface area contributed by atoms with Gasteiger partial charge in [-0.1, -0.05) is 0 Å². The molecule has 0 aliphatic heterocycles. The van der Waals surface area contributed by atoms with Crippen LogP contribution < -0.4 is 17.6 Å². The van der Waals surface area contributed by atoms with E-state index in [0.29, 0.717) is 0 Å². The Balaban J connectivity index is -0.0000000221. The predicted molar refractivity (Wildman–Crippen MR) is 26.7 cm³/mol. The van der Waals surface area contributed by atoms with E-state index in [9.17, 15) is 0 Å². The first kappa shape index (κ1) is 24.5. The van der Waals surface area contributed by atoms with Crippen LogP contribution in [-0.4, -0.2) is 21.0 Å². The van der Waals surface area contributed by atoms with E-state index in [1.54, 1.807) is 0 Å². The van der Waals surface area contributed by atoms with Crippen molar-refractivity contribution < 1.29 is 21.0 Å². The van der Waals surface area contributed by atoms with Crippen LogP contribution in [0.4, 0.5) is 0 Å². The molecule has 0 saturated carbocycles. The lowest BCUT2D eigenvalue weighted by Crippen LogP contribution is -2.02. The van der Waals surface area contributed by atoms with E-state index >= 15 is 0 Å². The summed E-state index contributed by atoms with van der Waals surface area (Å²) in [6, 6.07) is 0. The molecule has 60 valence electrons. The van der Waals surface area contributed by atoms with Gasteiger partial charge in [0.2, 0.25) is 0 Å². The monoisotopic (exact) mass is 146 g/mol. The minimum atomic E-state index is -1.50. The molecular formula is H10N4O5. The second kappa shape index (κ2) is 63.0. The van der Waals surface area contributed by atoms with Crippen LogP contribution in [0.2, 0.25) is 0 Å². The Kier molecular flexibility index (Phi) is 172. The lowest BCUT2D eigenvalue weighted by atomic mass is 13.0. The van der Waals surface area contributed by atoms with Gasteiger partial charge < -0.3 is 15.9 Å². The molecule has 0 unspecified atom stereocenters. The van der Waals surface area contributed by atoms with Crippen molar-refractivity contribution in [1.29, 1.82) is 0 Å². The van der Waals surface area contributed by atoms with Gasteiger partial charge in [0.05, 0.1) is 0 Å². The number of nitrogens with zero attached hydrogens (tertiary/aromatic N) is 1. The molecule has 0 spiro atoms. The van der Waals surface area contributed by atoms with Gasteiger partial charge in [0.25, 0.3) is 5.09 Å². The summed E-state index contributed by atoms with van der Waals surface area (Å²) in [6.45, 7) is 0. The first-order valence-electron chi connectivity index (χ1n) is 1.16. The highest BCUT2D eigenvalue weighted by molar-refractivity contribution is 3.83. The van der Waals surface area contributed by atoms with Gasteiger partial charge in [-0.25, -0.2) is 5.90 Å². The van der Waals surface area contributed by atoms with Crippen LogP contribution in [-0.2, 0) is 0 Å². The van der Waals surface area contributed by atoms with Gasteiger partial charge in [0.15, 0.2) is 0 Å². The van der Waals surface area contributed by atoms with E-state index < -0.39 is 5.09 Å². The molecule has 0 atom stereocenters. The van der Waals surface area contributed by atoms with Crippen molar-refractivity contribution >= 4 is 0 Å². The fourth-order valence-corrected chi connectivity index (χ4v) is 0. The third-order valence-corrected chi connectivity index (χ3v) is 0. The van der Waals surface area contributed by atoms with Crippen molar-refractivity contribution in [3.05, 3.63) is 10.1 Å². The zero-order valence-electron chi connectivity index (χ0n) is 4.39. The minimum Gasteiger partial charge on any atom is -0.412 e. The van der Waals surface area contributed by atoms with Crippen molar-refractivity contribution in [2.75, 3.05) is 0 Å². The Bertz CT molecular complexity index is 31.9. The summed E-state index contributed by atoms with van der Waals surface area (Å²) in [5.74, 6) is 11.5. The quantitative estimate of drug-likeness (QED) is 0.136. The number of hydrogen-bond acceptors (Lipinski definition) is 6. The van der Waals surface area contributed by atoms with Crippen molar-refractivity contribution in [3.8, 4) is 0 Å². The normalized spacial score (nSPS) is 4.00. The molecule has 0 aromatic rings. The Morgan fingerprint density at radius 1 is 1.33 bits per heavy atom. The summed E-state index contributed by atoms with van der Waals surface area (Å²) in [4.78, 5) is 8.36. The lowest BCUT2D eigenvalue weighted by molar-refractivity contribution is -0.742. The molecule has 9 heteroatoms. The number of rotatable bonds is 0. The van der Waals surface area contributed by atoms with Crippen molar-refractivity contribution in [2.24, 2.45) is 17.6 Å². The van der Waals surface area contributed by atoms with E-state index in [2.05, 4.69) is 17.6 Å². The molecule has 0 aliphatic rings. The Hall–Kier alpha value is -1.00. The molecule has 0 rings (SSSR count). The standard InChI is InChI=1S/H4N2.HNO3.H3NO.H2O/c1-2;2-1(3)4;1-2;/h1-2H2;(H,2,3,4);2H,1H2;1H2. The molecule has 0 aliphatic carbocycles. The topological polar surface area (TPSA) is 193 Å². The van der Waals surface area contributed by atoms with E-state index in [-0.39, 0.29) is 5.48 Å². The molecule has 0 radical (unpaired) electrons. The predicted octanol–water partition coefficient (Wildman–Crippen LogP) is -3.02. The van der Waals surface area contributed by atoms with Gasteiger partial charge >= 0.3 is 0 Å². The average Bonchev–Trinajstić information content (AvgIpc) is 1.75. The SMILES string of the molecule is NN.NO.O.O=[N+]([O-])O. The van der Waals surface area contributed by atoms with Gasteiger partial charge in [-0.15, -0.1) is 10.1 Å².